The molecule has 7 heteroatoms. The quantitative estimate of drug-likeness (QED) is 0.874. The Balaban J connectivity index is 1.40. The highest BCUT2D eigenvalue weighted by Crippen LogP contribution is 2.31. The second-order valence-corrected chi connectivity index (χ2v) is 7.57. The Morgan fingerprint density at radius 1 is 1.07 bits per heavy atom. The van der Waals surface area contributed by atoms with E-state index in [4.69, 9.17) is 9.47 Å². The van der Waals surface area contributed by atoms with E-state index in [-0.39, 0.29) is 5.91 Å². The van der Waals surface area contributed by atoms with Crippen LogP contribution in [0.5, 0.6) is 0 Å². The van der Waals surface area contributed by atoms with Crippen LogP contribution in [0.3, 0.4) is 0 Å². The summed E-state index contributed by atoms with van der Waals surface area (Å²) >= 11 is 0. The van der Waals surface area contributed by atoms with Gasteiger partial charge in [-0.1, -0.05) is 32.0 Å². The smallest absolute Gasteiger partial charge is 0.274 e. The van der Waals surface area contributed by atoms with Crippen LogP contribution < -0.4 is 5.32 Å². The summed E-state index contributed by atoms with van der Waals surface area (Å²) in [4.78, 5) is 14.5. The van der Waals surface area contributed by atoms with Gasteiger partial charge in [-0.2, -0.15) is 0 Å². The number of carbonyl (C=O) groups excluding carboxylic acids is 1. The first-order valence-corrected chi connectivity index (χ1v) is 9.83. The number of hydrogen-bond donors (Lipinski definition) is 1. The van der Waals surface area contributed by atoms with Crippen LogP contribution >= 0.6 is 0 Å². The summed E-state index contributed by atoms with van der Waals surface area (Å²) in [5, 5.41) is 11.7. The zero-order chi connectivity index (χ0) is 19.6. The molecule has 28 heavy (non-hydrogen) atoms. The molecule has 2 saturated heterocycles. The molecule has 2 aliphatic heterocycles. The molecule has 2 fully saturated rings. The Bertz CT molecular complexity index is 822. The van der Waals surface area contributed by atoms with Gasteiger partial charge in [0.2, 0.25) is 0 Å². The van der Waals surface area contributed by atoms with Gasteiger partial charge < -0.3 is 19.7 Å². The molecule has 0 unspecified atom stereocenters. The van der Waals surface area contributed by atoms with E-state index in [1.54, 1.807) is 17.0 Å². The first-order chi connectivity index (χ1) is 13.6. The van der Waals surface area contributed by atoms with Crippen molar-refractivity contribution in [3.63, 3.8) is 0 Å². The van der Waals surface area contributed by atoms with Crippen molar-refractivity contribution < 1.29 is 14.3 Å². The standard InChI is InChI=1S/C21H26N4O3/c1-15(2)16-5-3-4-6-17(16)22-19-8-7-18(23-24-19)20(26)25-11-9-21(10-12-25)27-13-14-28-21/h3-8,15H,9-14H2,1-2H3,(H,22,24). The van der Waals surface area contributed by atoms with Gasteiger partial charge >= 0.3 is 0 Å². The number of benzene rings is 1. The number of likely N-dealkylation sites (tertiary alicyclic amines) is 1. The van der Waals surface area contributed by atoms with Crippen molar-refractivity contribution in [1.82, 2.24) is 15.1 Å². The highest BCUT2D eigenvalue weighted by molar-refractivity contribution is 5.92. The van der Waals surface area contributed by atoms with Crippen LogP contribution in [0.4, 0.5) is 11.5 Å². The van der Waals surface area contributed by atoms with Gasteiger partial charge in [0.1, 0.15) is 0 Å². The fourth-order valence-electron chi connectivity index (χ4n) is 3.76. The number of nitrogens with zero attached hydrogens (tertiary/aromatic N) is 3. The lowest BCUT2D eigenvalue weighted by Crippen LogP contribution is -2.47. The van der Waals surface area contributed by atoms with Gasteiger partial charge in [-0.15, -0.1) is 10.2 Å². The summed E-state index contributed by atoms with van der Waals surface area (Å²) in [5.74, 6) is 0.428. The molecule has 0 radical (unpaired) electrons. The SMILES string of the molecule is CC(C)c1ccccc1Nc1ccc(C(=O)N2CCC3(CC2)OCCO3)nn1. The average Bonchev–Trinajstić information content (AvgIpc) is 3.17. The number of rotatable bonds is 4. The molecule has 2 aromatic rings. The molecule has 148 valence electrons. The normalized spacial score (nSPS) is 18.6. The lowest BCUT2D eigenvalue weighted by atomic mass is 10.0. The third-order valence-electron chi connectivity index (χ3n) is 5.36. The number of aromatic nitrogens is 2. The number of para-hydroxylation sites is 1. The molecule has 2 aliphatic rings. The van der Waals surface area contributed by atoms with Crippen LogP contribution in [0.25, 0.3) is 0 Å². The van der Waals surface area contributed by atoms with Crippen molar-refractivity contribution in [3.8, 4) is 0 Å². The zero-order valence-electron chi connectivity index (χ0n) is 16.4. The van der Waals surface area contributed by atoms with Crippen molar-refractivity contribution in [1.29, 1.82) is 0 Å². The minimum absolute atomic E-state index is 0.102. The van der Waals surface area contributed by atoms with Gasteiger partial charge in [-0.05, 0) is 29.7 Å². The molecule has 1 N–H and O–H groups in total. The summed E-state index contributed by atoms with van der Waals surface area (Å²) in [7, 11) is 0. The second kappa shape index (κ2) is 7.85. The Morgan fingerprint density at radius 3 is 2.43 bits per heavy atom. The molecule has 1 aromatic carbocycles. The fraction of sp³-hybridized carbons (Fsp3) is 0.476. The zero-order valence-corrected chi connectivity index (χ0v) is 16.4. The molecule has 1 aromatic heterocycles. The lowest BCUT2D eigenvalue weighted by Gasteiger charge is -2.37. The minimum atomic E-state index is -0.486. The molecule has 3 heterocycles. The second-order valence-electron chi connectivity index (χ2n) is 7.57. The molecular weight excluding hydrogens is 356 g/mol. The number of ether oxygens (including phenoxy) is 2. The van der Waals surface area contributed by atoms with E-state index in [1.807, 2.05) is 18.2 Å². The van der Waals surface area contributed by atoms with Crippen molar-refractivity contribution in [2.24, 2.45) is 0 Å². The van der Waals surface area contributed by atoms with Crippen LogP contribution in [-0.4, -0.2) is 53.1 Å². The van der Waals surface area contributed by atoms with Crippen LogP contribution in [0.1, 0.15) is 48.7 Å². The maximum Gasteiger partial charge on any atom is 0.274 e. The number of anilines is 2. The minimum Gasteiger partial charge on any atom is -0.347 e. The molecule has 0 atom stereocenters. The van der Waals surface area contributed by atoms with Crippen molar-refractivity contribution in [2.75, 3.05) is 31.6 Å². The van der Waals surface area contributed by atoms with E-state index in [0.717, 1.165) is 5.69 Å². The molecular formula is C21H26N4O3. The molecule has 0 saturated carbocycles. The third-order valence-corrected chi connectivity index (χ3v) is 5.36. The van der Waals surface area contributed by atoms with Gasteiger partial charge in [0.15, 0.2) is 17.3 Å². The van der Waals surface area contributed by atoms with Gasteiger partial charge in [0.25, 0.3) is 5.91 Å². The van der Waals surface area contributed by atoms with E-state index in [9.17, 15) is 4.79 Å². The molecule has 0 aliphatic carbocycles. The lowest BCUT2D eigenvalue weighted by molar-refractivity contribution is -0.181. The van der Waals surface area contributed by atoms with Crippen molar-refractivity contribution >= 4 is 17.4 Å². The molecule has 4 rings (SSSR count). The summed E-state index contributed by atoms with van der Waals surface area (Å²) in [6, 6.07) is 11.7. The molecule has 0 bridgehead atoms. The van der Waals surface area contributed by atoms with Gasteiger partial charge in [-0.3, -0.25) is 4.79 Å². The maximum atomic E-state index is 12.7. The number of nitrogens with one attached hydrogen (secondary N) is 1. The van der Waals surface area contributed by atoms with E-state index in [2.05, 4.69) is 35.4 Å². The van der Waals surface area contributed by atoms with E-state index >= 15 is 0 Å². The Kier molecular flexibility index (Phi) is 5.28. The Labute approximate surface area is 165 Å². The van der Waals surface area contributed by atoms with E-state index in [1.165, 1.54) is 5.56 Å². The van der Waals surface area contributed by atoms with Crippen LogP contribution in [-0.2, 0) is 9.47 Å². The molecule has 1 spiro atoms. The van der Waals surface area contributed by atoms with Gasteiger partial charge in [-0.25, -0.2) is 0 Å². The number of hydrogen-bond acceptors (Lipinski definition) is 6. The summed E-state index contributed by atoms with van der Waals surface area (Å²) in [6.07, 6.45) is 1.38. The van der Waals surface area contributed by atoms with Crippen LogP contribution in [0.15, 0.2) is 36.4 Å². The van der Waals surface area contributed by atoms with Crippen molar-refractivity contribution in [3.05, 3.63) is 47.7 Å². The average molecular weight is 382 g/mol. The summed E-state index contributed by atoms with van der Waals surface area (Å²) in [6.45, 7) is 6.77. The van der Waals surface area contributed by atoms with Crippen molar-refractivity contribution in [2.45, 2.75) is 38.4 Å². The van der Waals surface area contributed by atoms with Gasteiger partial charge in [0, 0.05) is 31.6 Å². The highest BCUT2D eigenvalue weighted by atomic mass is 16.7. The fourth-order valence-corrected chi connectivity index (χ4v) is 3.76. The first-order valence-electron chi connectivity index (χ1n) is 9.83. The number of amides is 1. The number of carbonyl (C=O) groups is 1. The van der Waals surface area contributed by atoms with E-state index < -0.39 is 5.79 Å². The first kappa shape index (κ1) is 18.8. The Morgan fingerprint density at radius 2 is 1.79 bits per heavy atom. The number of piperidine rings is 1. The van der Waals surface area contributed by atoms with Crippen LogP contribution in [0.2, 0.25) is 0 Å². The maximum absolute atomic E-state index is 12.7. The molecule has 7 nitrogen and oxygen atoms in total. The summed E-state index contributed by atoms with van der Waals surface area (Å²) < 4.78 is 11.4. The largest absolute Gasteiger partial charge is 0.347 e. The van der Waals surface area contributed by atoms with E-state index in [0.29, 0.717) is 56.6 Å². The van der Waals surface area contributed by atoms with Gasteiger partial charge in [0.05, 0.1) is 13.2 Å². The Hall–Kier alpha value is -2.51. The van der Waals surface area contributed by atoms with Crippen LogP contribution in [0, 0.1) is 0 Å². The summed E-state index contributed by atoms with van der Waals surface area (Å²) in [5.41, 5.74) is 2.57. The third kappa shape index (κ3) is 3.86. The topological polar surface area (TPSA) is 76.6 Å². The predicted octanol–water partition coefficient (Wildman–Crippen LogP) is 3.32. The highest BCUT2D eigenvalue weighted by Gasteiger charge is 2.41. The monoisotopic (exact) mass is 382 g/mol. The molecule has 1 amide bonds. The predicted molar refractivity (Wildman–Crippen MR) is 106 cm³/mol.